The van der Waals surface area contributed by atoms with Crippen LogP contribution in [0.15, 0.2) is 0 Å². The first kappa shape index (κ1) is 43.5. The van der Waals surface area contributed by atoms with Crippen LogP contribution in [0.2, 0.25) is 0 Å². The third kappa shape index (κ3) is 30.2. The molecule has 0 saturated heterocycles. The molecule has 0 aromatic heterocycles. The van der Waals surface area contributed by atoms with Gasteiger partial charge in [-0.05, 0) is 12.8 Å². The third-order valence-electron chi connectivity index (χ3n) is 8.46. The van der Waals surface area contributed by atoms with Crippen LogP contribution in [0, 0.1) is 0 Å². The molecule has 1 amide bonds. The molecule has 0 aromatic carbocycles. The maximum absolute atomic E-state index is 12.6. The van der Waals surface area contributed by atoms with Crippen LogP contribution in [0.3, 0.4) is 0 Å². The van der Waals surface area contributed by atoms with E-state index in [1.54, 1.807) is 0 Å². The molecule has 0 fully saturated rings. The highest BCUT2D eigenvalue weighted by molar-refractivity contribution is 7.47. The summed E-state index contributed by atoms with van der Waals surface area (Å²) in [6.45, 7) is 4.19. The maximum Gasteiger partial charge on any atom is 0.472 e. The number of nitrogens with one attached hydrogen (secondary N) is 1. The van der Waals surface area contributed by atoms with E-state index in [0.717, 1.165) is 38.5 Å². The molecule has 8 nitrogen and oxygen atoms in total. The van der Waals surface area contributed by atoms with E-state index >= 15 is 0 Å². The van der Waals surface area contributed by atoms with Gasteiger partial charge in [0, 0.05) is 13.0 Å². The van der Waals surface area contributed by atoms with Crippen molar-refractivity contribution >= 4 is 13.7 Å². The summed E-state index contributed by atoms with van der Waals surface area (Å²) >= 11 is 0. The number of aliphatic hydroxyl groups is 1. The monoisotopic (exact) mass is 649 g/mol. The Bertz CT molecular complexity index is 669. The van der Waals surface area contributed by atoms with E-state index < -0.39 is 20.0 Å². The predicted octanol–water partition coefficient (Wildman–Crippen LogP) is 9.50. The number of rotatable bonds is 35. The maximum atomic E-state index is 12.6. The van der Waals surface area contributed by atoms with Crippen molar-refractivity contribution < 1.29 is 28.4 Å². The molecule has 44 heavy (non-hydrogen) atoms. The van der Waals surface area contributed by atoms with E-state index in [9.17, 15) is 19.4 Å². The molecule has 5 N–H and O–H groups in total. The normalized spacial score (nSPS) is 14.4. The first-order valence-corrected chi connectivity index (χ1v) is 20.1. The van der Waals surface area contributed by atoms with Gasteiger partial charge in [0.25, 0.3) is 0 Å². The molecule has 264 valence electrons. The van der Waals surface area contributed by atoms with Crippen molar-refractivity contribution in [3.8, 4) is 0 Å². The highest BCUT2D eigenvalue weighted by atomic mass is 31.2. The number of hydrogen-bond acceptors (Lipinski definition) is 6. The summed E-state index contributed by atoms with van der Waals surface area (Å²) in [5, 5.41) is 13.7. The van der Waals surface area contributed by atoms with Crippen molar-refractivity contribution in [1.82, 2.24) is 5.32 Å². The Morgan fingerprint density at radius 3 is 1.45 bits per heavy atom. The summed E-state index contributed by atoms with van der Waals surface area (Å²) < 4.78 is 22.0. The Hall–Kier alpha value is -0.500. The number of phosphoric ester groups is 1. The molecular weight excluding hydrogens is 575 g/mol. The first-order valence-electron chi connectivity index (χ1n) is 18.7. The van der Waals surface area contributed by atoms with E-state index in [2.05, 4.69) is 19.2 Å². The van der Waals surface area contributed by atoms with E-state index in [1.807, 2.05) is 0 Å². The van der Waals surface area contributed by atoms with Crippen molar-refractivity contribution in [3.05, 3.63) is 0 Å². The molecule has 0 saturated carbocycles. The molecule has 0 aromatic rings. The Morgan fingerprint density at radius 1 is 0.659 bits per heavy atom. The summed E-state index contributed by atoms with van der Waals surface area (Å²) in [4.78, 5) is 22.5. The van der Waals surface area contributed by atoms with Gasteiger partial charge in [0.15, 0.2) is 0 Å². The molecule has 0 aliphatic rings. The lowest BCUT2D eigenvalue weighted by molar-refractivity contribution is -0.123. The minimum Gasteiger partial charge on any atom is -0.391 e. The van der Waals surface area contributed by atoms with Gasteiger partial charge in [-0.25, -0.2) is 4.57 Å². The summed E-state index contributed by atoms with van der Waals surface area (Å²) in [6.07, 6.45) is 31.1. The molecule has 9 heteroatoms. The molecule has 0 heterocycles. The fourth-order valence-corrected chi connectivity index (χ4v) is 6.37. The number of phosphoric acid groups is 1. The molecule has 0 radical (unpaired) electrons. The minimum atomic E-state index is -4.30. The molecule has 0 bridgehead atoms. The lowest BCUT2D eigenvalue weighted by atomic mass is 10.0. The molecule has 0 spiro atoms. The van der Waals surface area contributed by atoms with Crippen LogP contribution in [0.25, 0.3) is 0 Å². The fraction of sp³-hybridized carbons (Fsp3) is 0.971. The number of carbonyl (C=O) groups excluding carboxylic acids is 1. The van der Waals surface area contributed by atoms with E-state index in [0.29, 0.717) is 12.8 Å². The SMILES string of the molecule is CCCCCCCCCCCCCCCCCC[C@@H](O)[C@H](COP(=O)(O)OCCN)NC(=O)CCCCCCCCCCC. The van der Waals surface area contributed by atoms with Crippen LogP contribution in [-0.4, -0.2) is 47.8 Å². The van der Waals surface area contributed by atoms with Gasteiger partial charge in [-0.15, -0.1) is 0 Å². The second-order valence-corrected chi connectivity index (χ2v) is 14.3. The number of nitrogens with two attached hydrogens (primary N) is 1. The van der Waals surface area contributed by atoms with Gasteiger partial charge in [0.2, 0.25) is 5.91 Å². The highest BCUT2D eigenvalue weighted by Crippen LogP contribution is 2.43. The molecule has 1 unspecified atom stereocenters. The van der Waals surface area contributed by atoms with E-state index in [1.165, 1.54) is 122 Å². The van der Waals surface area contributed by atoms with Crippen molar-refractivity contribution in [3.63, 3.8) is 0 Å². The van der Waals surface area contributed by atoms with Gasteiger partial charge >= 0.3 is 7.82 Å². The van der Waals surface area contributed by atoms with Gasteiger partial charge < -0.3 is 21.1 Å². The van der Waals surface area contributed by atoms with Gasteiger partial charge in [0.05, 0.1) is 25.4 Å². The quantitative estimate of drug-likeness (QED) is 0.0398. The smallest absolute Gasteiger partial charge is 0.391 e. The van der Waals surface area contributed by atoms with Gasteiger partial charge in [0.1, 0.15) is 0 Å². The average molecular weight is 649 g/mol. The highest BCUT2D eigenvalue weighted by Gasteiger charge is 2.27. The van der Waals surface area contributed by atoms with Crippen molar-refractivity contribution in [2.75, 3.05) is 19.8 Å². The van der Waals surface area contributed by atoms with E-state index in [-0.39, 0.29) is 25.7 Å². The molecule has 0 aliphatic heterocycles. The first-order chi connectivity index (χ1) is 21.4. The third-order valence-corrected chi connectivity index (χ3v) is 9.45. The second-order valence-electron chi connectivity index (χ2n) is 12.8. The zero-order valence-electron chi connectivity index (χ0n) is 28.9. The number of amides is 1. The summed E-state index contributed by atoms with van der Waals surface area (Å²) in [6, 6.07) is -0.764. The summed E-state index contributed by atoms with van der Waals surface area (Å²) in [5.41, 5.74) is 5.35. The predicted molar refractivity (Wildman–Crippen MR) is 185 cm³/mol. The van der Waals surface area contributed by atoms with Crippen LogP contribution in [0.4, 0.5) is 0 Å². The summed E-state index contributed by atoms with van der Waals surface area (Å²) in [5.74, 6) is -0.164. The number of aliphatic hydroxyl groups excluding tert-OH is 1. The lowest BCUT2D eigenvalue weighted by Gasteiger charge is -2.25. The number of hydrogen-bond donors (Lipinski definition) is 4. The van der Waals surface area contributed by atoms with Gasteiger partial charge in [-0.3, -0.25) is 13.8 Å². The minimum absolute atomic E-state index is 0.0920. The largest absolute Gasteiger partial charge is 0.472 e. The lowest BCUT2D eigenvalue weighted by Crippen LogP contribution is -2.46. The van der Waals surface area contributed by atoms with Gasteiger partial charge in [-0.1, -0.05) is 168 Å². The van der Waals surface area contributed by atoms with Crippen LogP contribution < -0.4 is 11.1 Å². The molecular formula is C35H73N2O6P. The van der Waals surface area contributed by atoms with Crippen LogP contribution in [0.1, 0.15) is 187 Å². The van der Waals surface area contributed by atoms with Crippen molar-refractivity contribution in [2.45, 2.75) is 199 Å². The standard InChI is InChI=1S/C35H73N2O6P/c1-3-5-7-9-11-13-14-15-16-17-18-19-21-22-24-26-28-34(38)33(32-43-44(40,41)42-31-30-36)37-35(39)29-27-25-23-20-12-10-8-6-4-2/h33-34,38H,3-32,36H2,1-2H3,(H,37,39)(H,40,41)/t33-,34+/m0/s1. The van der Waals surface area contributed by atoms with Crippen LogP contribution in [0.5, 0.6) is 0 Å². The Morgan fingerprint density at radius 2 is 1.05 bits per heavy atom. The molecule has 3 atom stereocenters. The number of carbonyl (C=O) groups is 1. The van der Waals surface area contributed by atoms with Gasteiger partial charge in [-0.2, -0.15) is 0 Å². The number of unbranched alkanes of at least 4 members (excludes halogenated alkanes) is 23. The van der Waals surface area contributed by atoms with Crippen molar-refractivity contribution in [1.29, 1.82) is 0 Å². The van der Waals surface area contributed by atoms with Crippen molar-refractivity contribution in [2.24, 2.45) is 5.73 Å². The Balaban J connectivity index is 4.19. The van der Waals surface area contributed by atoms with E-state index in [4.69, 9.17) is 14.8 Å². The topological polar surface area (TPSA) is 131 Å². The molecule has 0 aliphatic carbocycles. The zero-order chi connectivity index (χ0) is 32.6. The second kappa shape index (κ2) is 32.4. The average Bonchev–Trinajstić information content (AvgIpc) is 3.01. The Labute approximate surface area is 272 Å². The van der Waals surface area contributed by atoms with Crippen LogP contribution in [-0.2, 0) is 18.4 Å². The zero-order valence-corrected chi connectivity index (χ0v) is 29.8. The Kier molecular flexibility index (Phi) is 32.1. The fourth-order valence-electron chi connectivity index (χ4n) is 5.61. The van der Waals surface area contributed by atoms with Crippen LogP contribution >= 0.6 is 7.82 Å². The molecule has 0 rings (SSSR count). The summed E-state index contributed by atoms with van der Waals surface area (Å²) in [7, 11) is -4.30.